The monoisotopic (exact) mass is 393 g/mol. The van der Waals surface area contributed by atoms with Crippen molar-refractivity contribution in [1.82, 2.24) is 4.90 Å². The van der Waals surface area contributed by atoms with Gasteiger partial charge in [-0.05, 0) is 24.6 Å². The summed E-state index contributed by atoms with van der Waals surface area (Å²) in [6.07, 6.45) is 12.5. The molecule has 0 unspecified atom stereocenters. The Morgan fingerprint density at radius 3 is 1.96 bits per heavy atom. The summed E-state index contributed by atoms with van der Waals surface area (Å²) in [5, 5.41) is 0. The second-order valence-electron chi connectivity index (χ2n) is 6.63. The van der Waals surface area contributed by atoms with Gasteiger partial charge in [-0.1, -0.05) is 80.6 Å². The molecule has 0 saturated carbocycles. The predicted octanol–water partition coefficient (Wildman–Crippen LogP) is 5.97. The number of nitrogens with zero attached hydrogens (tertiary/aromatic N) is 1. The second-order valence-corrected chi connectivity index (χ2v) is 7.55. The third kappa shape index (κ3) is 5.17. The predicted molar refractivity (Wildman–Crippen MR) is 101 cm³/mol. The van der Waals surface area contributed by atoms with Gasteiger partial charge in [0.15, 0.2) is 0 Å². The fourth-order valence-corrected chi connectivity index (χ4v) is 3.58. The number of benzene rings is 1. The largest absolute Gasteiger partial charge is 0.274 e. The van der Waals surface area contributed by atoms with Crippen molar-refractivity contribution in [1.29, 1.82) is 0 Å². The van der Waals surface area contributed by atoms with Crippen LogP contribution in [0.15, 0.2) is 22.7 Å². The molecule has 0 saturated heterocycles. The van der Waals surface area contributed by atoms with Gasteiger partial charge in [0, 0.05) is 11.0 Å². The number of unbranched alkanes of at least 4 members (excludes halogenated alkanes) is 9. The Bertz CT molecular complexity index is 571. The van der Waals surface area contributed by atoms with Gasteiger partial charge in [-0.15, -0.1) is 0 Å². The summed E-state index contributed by atoms with van der Waals surface area (Å²) in [7, 11) is 0. The van der Waals surface area contributed by atoms with Gasteiger partial charge in [-0.3, -0.25) is 14.5 Å². The maximum absolute atomic E-state index is 12.3. The normalized spacial score (nSPS) is 13.7. The van der Waals surface area contributed by atoms with Crippen LogP contribution in [-0.2, 0) is 0 Å². The minimum Gasteiger partial charge on any atom is -0.274 e. The Labute approximate surface area is 153 Å². The average molecular weight is 394 g/mol. The molecule has 0 N–H and O–H groups in total. The van der Waals surface area contributed by atoms with Crippen LogP contribution in [0.5, 0.6) is 0 Å². The van der Waals surface area contributed by atoms with Gasteiger partial charge in [0.2, 0.25) is 0 Å². The van der Waals surface area contributed by atoms with Gasteiger partial charge in [0.25, 0.3) is 11.8 Å². The summed E-state index contributed by atoms with van der Waals surface area (Å²) in [5.74, 6) is -0.286. The molecule has 132 valence electrons. The van der Waals surface area contributed by atoms with Crippen molar-refractivity contribution < 1.29 is 9.59 Å². The topological polar surface area (TPSA) is 37.4 Å². The molecule has 24 heavy (non-hydrogen) atoms. The molecule has 1 aliphatic rings. The van der Waals surface area contributed by atoms with Gasteiger partial charge in [-0.25, -0.2) is 0 Å². The van der Waals surface area contributed by atoms with Crippen LogP contribution < -0.4 is 0 Å². The number of hydrogen-bond acceptors (Lipinski definition) is 2. The van der Waals surface area contributed by atoms with Crippen LogP contribution in [0.4, 0.5) is 0 Å². The van der Waals surface area contributed by atoms with Crippen molar-refractivity contribution >= 4 is 27.7 Å². The first-order valence-electron chi connectivity index (χ1n) is 9.31. The third-order valence-electron chi connectivity index (χ3n) is 4.67. The first-order valence-corrected chi connectivity index (χ1v) is 10.1. The average Bonchev–Trinajstić information content (AvgIpc) is 2.80. The van der Waals surface area contributed by atoms with Crippen LogP contribution in [0.2, 0.25) is 0 Å². The zero-order valence-corrected chi connectivity index (χ0v) is 16.2. The van der Waals surface area contributed by atoms with Gasteiger partial charge in [0.05, 0.1) is 11.1 Å². The quantitative estimate of drug-likeness (QED) is 0.343. The molecule has 0 atom stereocenters. The number of imide groups is 1. The van der Waals surface area contributed by atoms with Crippen molar-refractivity contribution in [3.05, 3.63) is 33.8 Å². The van der Waals surface area contributed by atoms with E-state index < -0.39 is 0 Å². The molecule has 0 fully saturated rings. The van der Waals surface area contributed by atoms with Crippen molar-refractivity contribution in [3.63, 3.8) is 0 Å². The first-order chi connectivity index (χ1) is 11.6. The molecule has 2 rings (SSSR count). The summed E-state index contributed by atoms with van der Waals surface area (Å²) < 4.78 is 0.836. The Hall–Kier alpha value is -1.16. The van der Waals surface area contributed by atoms with Crippen LogP contribution in [0, 0.1) is 0 Å². The molecule has 0 radical (unpaired) electrons. The van der Waals surface area contributed by atoms with E-state index in [1.807, 2.05) is 6.07 Å². The van der Waals surface area contributed by atoms with Crippen LogP contribution in [0.3, 0.4) is 0 Å². The van der Waals surface area contributed by atoms with Crippen molar-refractivity contribution in [2.75, 3.05) is 6.54 Å². The molecular weight excluding hydrogens is 366 g/mol. The van der Waals surface area contributed by atoms with E-state index in [0.29, 0.717) is 17.7 Å². The van der Waals surface area contributed by atoms with E-state index in [4.69, 9.17) is 0 Å². The fraction of sp³-hybridized carbons (Fsp3) is 0.600. The number of rotatable bonds is 11. The second kappa shape index (κ2) is 9.97. The van der Waals surface area contributed by atoms with Crippen LogP contribution in [0.1, 0.15) is 91.8 Å². The number of carbonyl (C=O) groups excluding carboxylic acids is 2. The summed E-state index contributed by atoms with van der Waals surface area (Å²) in [6.45, 7) is 2.79. The molecule has 1 aromatic rings. The number of hydrogen-bond donors (Lipinski definition) is 0. The smallest absolute Gasteiger partial charge is 0.261 e. The minimum absolute atomic E-state index is 0.140. The molecule has 4 heteroatoms. The van der Waals surface area contributed by atoms with Gasteiger partial charge < -0.3 is 0 Å². The molecule has 0 bridgehead atoms. The minimum atomic E-state index is -0.146. The Morgan fingerprint density at radius 2 is 1.33 bits per heavy atom. The Kier molecular flexibility index (Phi) is 7.97. The van der Waals surface area contributed by atoms with Gasteiger partial charge >= 0.3 is 0 Å². The summed E-state index contributed by atoms with van der Waals surface area (Å²) in [5.41, 5.74) is 1.07. The Morgan fingerprint density at radius 1 is 0.792 bits per heavy atom. The highest BCUT2D eigenvalue weighted by Crippen LogP contribution is 2.26. The molecule has 0 aromatic heterocycles. The molecule has 3 nitrogen and oxygen atoms in total. The van der Waals surface area contributed by atoms with Crippen molar-refractivity contribution in [2.24, 2.45) is 0 Å². The van der Waals surface area contributed by atoms with E-state index in [1.165, 1.54) is 56.3 Å². The number of carbonyl (C=O) groups is 2. The highest BCUT2D eigenvalue weighted by atomic mass is 79.9. The lowest BCUT2D eigenvalue weighted by Crippen LogP contribution is -2.30. The summed E-state index contributed by atoms with van der Waals surface area (Å²) in [6, 6.07) is 5.29. The van der Waals surface area contributed by atoms with E-state index in [0.717, 1.165) is 17.3 Å². The first kappa shape index (κ1) is 19.2. The lowest BCUT2D eigenvalue weighted by molar-refractivity contribution is 0.0651. The number of amides is 2. The van der Waals surface area contributed by atoms with E-state index in [2.05, 4.69) is 22.9 Å². The van der Waals surface area contributed by atoms with Crippen molar-refractivity contribution in [3.8, 4) is 0 Å². The molecular formula is C20H28BrNO2. The van der Waals surface area contributed by atoms with Crippen molar-refractivity contribution in [2.45, 2.75) is 71.1 Å². The number of fused-ring (bicyclic) bond motifs is 1. The van der Waals surface area contributed by atoms with Gasteiger partial charge in [-0.2, -0.15) is 0 Å². The van der Waals surface area contributed by atoms with E-state index in [9.17, 15) is 9.59 Å². The maximum atomic E-state index is 12.3. The molecule has 0 aliphatic carbocycles. The van der Waals surface area contributed by atoms with Crippen LogP contribution in [0.25, 0.3) is 0 Å². The summed E-state index contributed by atoms with van der Waals surface area (Å²) in [4.78, 5) is 26.0. The molecule has 1 aromatic carbocycles. The van der Waals surface area contributed by atoms with E-state index >= 15 is 0 Å². The summed E-state index contributed by atoms with van der Waals surface area (Å²) >= 11 is 3.36. The van der Waals surface area contributed by atoms with Crippen LogP contribution in [-0.4, -0.2) is 23.3 Å². The lowest BCUT2D eigenvalue weighted by Gasteiger charge is -2.13. The highest BCUT2D eigenvalue weighted by Gasteiger charge is 2.34. The Balaban J connectivity index is 1.62. The van der Waals surface area contributed by atoms with Gasteiger partial charge in [0.1, 0.15) is 0 Å². The zero-order valence-electron chi connectivity index (χ0n) is 14.7. The molecule has 2 amide bonds. The lowest BCUT2D eigenvalue weighted by atomic mass is 10.1. The SMILES string of the molecule is CCCCCCCCCCCCN1C(=O)c2ccc(Br)cc2C1=O. The maximum Gasteiger partial charge on any atom is 0.261 e. The zero-order chi connectivity index (χ0) is 17.4. The van der Waals surface area contributed by atoms with E-state index in [-0.39, 0.29) is 11.8 Å². The third-order valence-corrected chi connectivity index (χ3v) is 5.16. The van der Waals surface area contributed by atoms with E-state index in [1.54, 1.807) is 12.1 Å². The number of halogens is 1. The molecule has 0 spiro atoms. The highest BCUT2D eigenvalue weighted by molar-refractivity contribution is 9.10. The molecule has 1 aliphatic heterocycles. The standard InChI is InChI=1S/C20H28BrNO2/c1-2-3-4-5-6-7-8-9-10-11-14-22-19(23)17-13-12-16(21)15-18(17)20(22)24/h12-13,15H,2-11,14H2,1H3. The van der Waals surface area contributed by atoms with Crippen LogP contribution >= 0.6 is 15.9 Å². The fourth-order valence-electron chi connectivity index (χ4n) is 3.22. The molecule has 1 heterocycles.